The Balaban J connectivity index is 1.77. The number of Topliss-reactive ketones (excluding diaryl/α,β-unsaturated/α-hetero) is 1. The second-order valence-electron chi connectivity index (χ2n) is 9.03. The molecule has 1 fully saturated rings. The van der Waals surface area contributed by atoms with Crippen LogP contribution in [0.2, 0.25) is 0 Å². The number of nitrogens with one attached hydrogen (secondary N) is 1. The molecule has 2 N–H and O–H groups in total. The van der Waals surface area contributed by atoms with E-state index in [1.165, 1.54) is 4.90 Å². The minimum absolute atomic E-state index is 0.0144. The SMILES string of the molecule is CCOc1cc(C2/C(=C(/O)c3c[nH]c4ccccc34)C(=O)C(=O)N2c2ccc(C)c(C)c2)ccc1OC. The Morgan fingerprint density at radius 2 is 1.78 bits per heavy atom. The van der Waals surface area contributed by atoms with Gasteiger partial charge in [0, 0.05) is 28.4 Å². The van der Waals surface area contributed by atoms with Crippen LogP contribution in [0.1, 0.15) is 35.2 Å². The first kappa shape index (κ1) is 24.2. The van der Waals surface area contributed by atoms with Crippen LogP contribution in [0, 0.1) is 13.8 Å². The number of hydrogen-bond donors (Lipinski definition) is 2. The number of ketones is 1. The highest BCUT2D eigenvalue weighted by Crippen LogP contribution is 2.45. The van der Waals surface area contributed by atoms with Crippen LogP contribution >= 0.6 is 0 Å². The first-order chi connectivity index (χ1) is 17.8. The zero-order chi connectivity index (χ0) is 26.3. The average molecular weight is 497 g/mol. The fraction of sp³-hybridized carbons (Fsp3) is 0.200. The van der Waals surface area contributed by atoms with Crippen LogP contribution < -0.4 is 14.4 Å². The van der Waals surface area contributed by atoms with E-state index in [-0.39, 0.29) is 11.3 Å². The number of H-pyrrole nitrogens is 1. The fourth-order valence-corrected chi connectivity index (χ4v) is 4.83. The van der Waals surface area contributed by atoms with Crippen LogP contribution in [0.5, 0.6) is 11.5 Å². The van der Waals surface area contributed by atoms with Gasteiger partial charge in [0.15, 0.2) is 11.5 Å². The molecule has 1 atom stereocenters. The number of rotatable bonds is 6. The number of aromatic amines is 1. The van der Waals surface area contributed by atoms with Crippen LogP contribution in [0.3, 0.4) is 0 Å². The van der Waals surface area contributed by atoms with Gasteiger partial charge >= 0.3 is 0 Å². The maximum atomic E-state index is 13.6. The molecule has 7 heteroatoms. The molecule has 7 nitrogen and oxygen atoms in total. The second-order valence-corrected chi connectivity index (χ2v) is 9.03. The van der Waals surface area contributed by atoms with Crippen molar-refractivity contribution >= 4 is 34.0 Å². The molecule has 1 unspecified atom stereocenters. The predicted octanol–water partition coefficient (Wildman–Crippen LogP) is 5.82. The highest BCUT2D eigenvalue weighted by atomic mass is 16.5. The molecular formula is C30H28N2O5. The van der Waals surface area contributed by atoms with E-state index in [0.717, 1.165) is 22.0 Å². The molecule has 1 aromatic heterocycles. The number of benzene rings is 3. The first-order valence-corrected chi connectivity index (χ1v) is 12.1. The molecule has 2 heterocycles. The van der Waals surface area contributed by atoms with Gasteiger partial charge in [0.1, 0.15) is 5.76 Å². The maximum Gasteiger partial charge on any atom is 0.300 e. The monoisotopic (exact) mass is 496 g/mol. The number of hydrogen-bond acceptors (Lipinski definition) is 5. The summed E-state index contributed by atoms with van der Waals surface area (Å²) in [6.07, 6.45) is 1.65. The molecule has 0 bridgehead atoms. The number of carbonyl (C=O) groups excluding carboxylic acids is 2. The number of methoxy groups -OCH3 is 1. The third-order valence-electron chi connectivity index (χ3n) is 6.86. The number of carbonyl (C=O) groups is 2. The second kappa shape index (κ2) is 9.50. The van der Waals surface area contributed by atoms with Gasteiger partial charge in [-0.05, 0) is 67.8 Å². The van der Waals surface area contributed by atoms with Crippen molar-refractivity contribution in [1.82, 2.24) is 4.98 Å². The summed E-state index contributed by atoms with van der Waals surface area (Å²) in [5.74, 6) is -0.672. The average Bonchev–Trinajstić information content (AvgIpc) is 3.44. The molecule has 4 aromatic rings. The van der Waals surface area contributed by atoms with Gasteiger partial charge in [-0.1, -0.05) is 30.3 Å². The van der Waals surface area contributed by atoms with E-state index in [0.29, 0.717) is 34.9 Å². The van der Waals surface area contributed by atoms with Crippen molar-refractivity contribution in [2.45, 2.75) is 26.8 Å². The normalized spacial score (nSPS) is 17.0. The minimum atomic E-state index is -0.874. The Kier molecular flexibility index (Phi) is 6.21. The number of para-hydroxylation sites is 1. The van der Waals surface area contributed by atoms with E-state index < -0.39 is 17.7 Å². The van der Waals surface area contributed by atoms with Crippen LogP contribution in [-0.4, -0.2) is 35.5 Å². The molecule has 37 heavy (non-hydrogen) atoms. The number of aromatic nitrogens is 1. The highest BCUT2D eigenvalue weighted by molar-refractivity contribution is 6.51. The fourth-order valence-electron chi connectivity index (χ4n) is 4.83. The first-order valence-electron chi connectivity index (χ1n) is 12.1. The zero-order valence-corrected chi connectivity index (χ0v) is 21.2. The lowest BCUT2D eigenvalue weighted by molar-refractivity contribution is -0.132. The Morgan fingerprint density at radius 1 is 1.00 bits per heavy atom. The molecule has 0 spiro atoms. The number of amides is 1. The molecule has 1 aliphatic heterocycles. The van der Waals surface area contributed by atoms with E-state index in [4.69, 9.17) is 9.47 Å². The summed E-state index contributed by atoms with van der Waals surface area (Å²) in [6, 6.07) is 17.5. The van der Waals surface area contributed by atoms with Gasteiger partial charge in [-0.2, -0.15) is 0 Å². The summed E-state index contributed by atoms with van der Waals surface area (Å²) < 4.78 is 11.2. The Hall–Kier alpha value is -4.52. The molecule has 1 aliphatic rings. The maximum absolute atomic E-state index is 13.6. The smallest absolute Gasteiger partial charge is 0.300 e. The van der Waals surface area contributed by atoms with E-state index in [2.05, 4.69) is 4.98 Å². The molecule has 3 aromatic carbocycles. The van der Waals surface area contributed by atoms with E-state index in [1.807, 2.05) is 63.2 Å². The van der Waals surface area contributed by atoms with Crippen molar-refractivity contribution in [1.29, 1.82) is 0 Å². The van der Waals surface area contributed by atoms with Gasteiger partial charge in [-0.3, -0.25) is 14.5 Å². The van der Waals surface area contributed by atoms with Crippen molar-refractivity contribution in [2.75, 3.05) is 18.6 Å². The van der Waals surface area contributed by atoms with Gasteiger partial charge in [0.05, 0.1) is 25.3 Å². The number of nitrogens with zero attached hydrogens (tertiary/aromatic N) is 1. The Morgan fingerprint density at radius 3 is 2.51 bits per heavy atom. The summed E-state index contributed by atoms with van der Waals surface area (Å²) >= 11 is 0. The van der Waals surface area contributed by atoms with Gasteiger partial charge in [0.25, 0.3) is 11.7 Å². The van der Waals surface area contributed by atoms with Crippen LogP contribution in [-0.2, 0) is 9.59 Å². The lowest BCUT2D eigenvalue weighted by Gasteiger charge is -2.26. The number of ether oxygens (including phenoxy) is 2. The lowest BCUT2D eigenvalue weighted by atomic mass is 9.94. The summed E-state index contributed by atoms with van der Waals surface area (Å²) in [4.78, 5) is 31.7. The van der Waals surface area contributed by atoms with Crippen molar-refractivity contribution in [3.05, 3.63) is 94.7 Å². The molecule has 0 radical (unpaired) electrons. The molecule has 0 saturated carbocycles. The molecule has 188 valence electrons. The number of aliphatic hydroxyl groups excluding tert-OH is 1. The van der Waals surface area contributed by atoms with Gasteiger partial charge in [-0.25, -0.2) is 0 Å². The molecule has 5 rings (SSSR count). The van der Waals surface area contributed by atoms with Crippen molar-refractivity contribution in [2.24, 2.45) is 0 Å². The van der Waals surface area contributed by atoms with Crippen LogP contribution in [0.25, 0.3) is 16.7 Å². The van der Waals surface area contributed by atoms with Crippen LogP contribution in [0.4, 0.5) is 5.69 Å². The number of anilines is 1. The highest BCUT2D eigenvalue weighted by Gasteiger charge is 2.47. The van der Waals surface area contributed by atoms with Crippen molar-refractivity contribution < 1.29 is 24.2 Å². The lowest BCUT2D eigenvalue weighted by Crippen LogP contribution is -2.29. The van der Waals surface area contributed by atoms with Gasteiger partial charge < -0.3 is 19.6 Å². The van der Waals surface area contributed by atoms with Gasteiger partial charge in [-0.15, -0.1) is 0 Å². The Labute approximate surface area is 214 Å². The Bertz CT molecular complexity index is 1570. The molecule has 1 saturated heterocycles. The summed E-state index contributed by atoms with van der Waals surface area (Å²) in [5.41, 5.74) is 4.52. The van der Waals surface area contributed by atoms with Crippen LogP contribution in [0.15, 0.2) is 72.4 Å². The topological polar surface area (TPSA) is 91.9 Å². The van der Waals surface area contributed by atoms with Crippen molar-refractivity contribution in [3.8, 4) is 11.5 Å². The third-order valence-corrected chi connectivity index (χ3v) is 6.86. The summed E-state index contributed by atoms with van der Waals surface area (Å²) in [5, 5.41) is 12.3. The minimum Gasteiger partial charge on any atom is -0.507 e. The molecular weight excluding hydrogens is 468 g/mol. The molecule has 1 amide bonds. The third kappa shape index (κ3) is 4.02. The number of aryl methyl sites for hydroxylation is 2. The standard InChI is InChI=1S/C30H28N2O5/c1-5-37-25-15-19(11-13-24(25)36-4)27-26(28(33)22-16-31-23-9-7-6-8-21(22)23)29(34)30(35)32(27)20-12-10-17(2)18(3)14-20/h6-16,27,31,33H,5H2,1-4H3/b28-26-. The van der Waals surface area contributed by atoms with Gasteiger partial charge in [0.2, 0.25) is 0 Å². The number of aliphatic hydroxyl groups is 1. The quantitative estimate of drug-likeness (QED) is 0.199. The summed E-state index contributed by atoms with van der Waals surface area (Å²) in [7, 11) is 1.55. The van der Waals surface area contributed by atoms with E-state index >= 15 is 0 Å². The molecule has 0 aliphatic carbocycles. The van der Waals surface area contributed by atoms with E-state index in [1.54, 1.807) is 31.5 Å². The largest absolute Gasteiger partial charge is 0.507 e. The zero-order valence-electron chi connectivity index (χ0n) is 21.2. The predicted molar refractivity (Wildman–Crippen MR) is 143 cm³/mol. The van der Waals surface area contributed by atoms with Crippen molar-refractivity contribution in [3.63, 3.8) is 0 Å². The van der Waals surface area contributed by atoms with E-state index in [9.17, 15) is 14.7 Å². The summed E-state index contributed by atoms with van der Waals surface area (Å²) in [6.45, 7) is 6.22. The number of fused-ring (bicyclic) bond motifs is 1.